The molecule has 1 fully saturated rings. The highest BCUT2D eigenvalue weighted by atomic mass is 16.7. The number of aliphatic hydroxyl groups excluding tert-OH is 1. The Morgan fingerprint density at radius 1 is 1.52 bits per heavy atom. The van der Waals surface area contributed by atoms with Gasteiger partial charge < -0.3 is 19.9 Å². The van der Waals surface area contributed by atoms with Gasteiger partial charge in [0, 0.05) is 13.0 Å². The summed E-state index contributed by atoms with van der Waals surface area (Å²) in [4.78, 5) is 12.0. The molecule has 0 aromatic carbocycles. The van der Waals surface area contributed by atoms with Crippen LogP contribution in [0.3, 0.4) is 0 Å². The predicted molar refractivity (Wildman–Crippen MR) is 77.9 cm³/mol. The molecule has 1 aliphatic heterocycles. The van der Waals surface area contributed by atoms with Gasteiger partial charge in [-0.25, -0.2) is 0 Å². The van der Waals surface area contributed by atoms with Crippen LogP contribution in [0.25, 0.3) is 0 Å². The van der Waals surface area contributed by atoms with Gasteiger partial charge in [0.25, 0.3) is 5.91 Å². The Bertz CT molecular complexity index is 422. The van der Waals surface area contributed by atoms with E-state index >= 15 is 0 Å². The molecule has 2 aliphatic rings. The molecule has 5 heteroatoms. The summed E-state index contributed by atoms with van der Waals surface area (Å²) in [6, 6.07) is 0. The number of nitrogens with one attached hydrogen (secondary N) is 1. The number of hydrogen-bond donors (Lipinski definition) is 2. The third kappa shape index (κ3) is 5.07. The summed E-state index contributed by atoms with van der Waals surface area (Å²) < 4.78 is 11.3. The van der Waals surface area contributed by atoms with Gasteiger partial charge in [-0.05, 0) is 43.6 Å². The Hall–Kier alpha value is -1.51. The molecule has 0 spiro atoms. The monoisotopic (exact) mass is 293 g/mol. The molecule has 0 unspecified atom stereocenters. The van der Waals surface area contributed by atoms with E-state index in [1.165, 1.54) is 12.8 Å². The number of amides is 1. The molecule has 116 valence electrons. The normalized spacial score (nSPS) is 24.7. The number of carbonyl (C=O) groups is 1. The van der Waals surface area contributed by atoms with Gasteiger partial charge in [0.1, 0.15) is 0 Å². The van der Waals surface area contributed by atoms with E-state index in [2.05, 4.69) is 11.2 Å². The average molecular weight is 293 g/mol. The minimum absolute atomic E-state index is 0.166. The first-order valence-corrected chi connectivity index (χ1v) is 7.57. The molecule has 2 N–H and O–H groups in total. The number of terminal acetylenes is 1. The van der Waals surface area contributed by atoms with E-state index in [-0.39, 0.29) is 25.3 Å². The fourth-order valence-electron chi connectivity index (χ4n) is 2.44. The molecule has 0 saturated heterocycles. The van der Waals surface area contributed by atoms with Crippen molar-refractivity contribution in [1.29, 1.82) is 0 Å². The zero-order valence-corrected chi connectivity index (χ0v) is 12.2. The van der Waals surface area contributed by atoms with Gasteiger partial charge in [-0.1, -0.05) is 5.92 Å². The van der Waals surface area contributed by atoms with Crippen LogP contribution in [-0.4, -0.2) is 37.1 Å². The fourth-order valence-corrected chi connectivity index (χ4v) is 2.44. The van der Waals surface area contributed by atoms with Crippen molar-refractivity contribution < 1.29 is 19.4 Å². The van der Waals surface area contributed by atoms with Crippen LogP contribution in [0.2, 0.25) is 0 Å². The lowest BCUT2D eigenvalue weighted by Crippen LogP contribution is -2.34. The van der Waals surface area contributed by atoms with E-state index in [9.17, 15) is 4.79 Å². The molecular formula is C16H23NO4. The molecule has 5 nitrogen and oxygen atoms in total. The van der Waals surface area contributed by atoms with Crippen molar-refractivity contribution in [2.24, 2.45) is 11.8 Å². The SMILES string of the molecule is C#CCNC(=O)C1=C[C@H](C2CC2)C[C@H](OCCCCO)O1. The summed E-state index contributed by atoms with van der Waals surface area (Å²) in [5.41, 5.74) is 0. The van der Waals surface area contributed by atoms with E-state index in [0.717, 1.165) is 12.8 Å². The zero-order valence-electron chi connectivity index (χ0n) is 12.2. The zero-order chi connectivity index (χ0) is 15.1. The second kappa shape index (κ2) is 8.06. The van der Waals surface area contributed by atoms with Gasteiger partial charge in [0.05, 0.1) is 13.2 Å². The van der Waals surface area contributed by atoms with Crippen molar-refractivity contribution in [2.75, 3.05) is 19.8 Å². The van der Waals surface area contributed by atoms with Crippen molar-refractivity contribution in [3.05, 3.63) is 11.8 Å². The number of unbranched alkanes of at least 4 members (excludes halogenated alkanes) is 1. The number of ether oxygens (including phenoxy) is 2. The van der Waals surface area contributed by atoms with E-state index < -0.39 is 0 Å². The highest BCUT2D eigenvalue weighted by Crippen LogP contribution is 2.42. The Balaban J connectivity index is 1.89. The van der Waals surface area contributed by atoms with Crippen molar-refractivity contribution in [3.63, 3.8) is 0 Å². The lowest BCUT2D eigenvalue weighted by Gasteiger charge is -2.29. The fraction of sp³-hybridized carbons (Fsp3) is 0.688. The Kier molecular flexibility index (Phi) is 6.09. The summed E-state index contributed by atoms with van der Waals surface area (Å²) in [7, 11) is 0. The lowest BCUT2D eigenvalue weighted by molar-refractivity contribution is -0.149. The highest BCUT2D eigenvalue weighted by molar-refractivity contribution is 5.91. The van der Waals surface area contributed by atoms with Crippen molar-refractivity contribution in [1.82, 2.24) is 5.32 Å². The van der Waals surface area contributed by atoms with Crippen LogP contribution < -0.4 is 5.32 Å². The van der Waals surface area contributed by atoms with Crippen LogP contribution in [0.1, 0.15) is 32.1 Å². The first-order chi connectivity index (χ1) is 10.2. The molecule has 1 saturated carbocycles. The minimum atomic E-state index is -0.383. The second-order valence-corrected chi connectivity index (χ2v) is 5.50. The second-order valence-electron chi connectivity index (χ2n) is 5.50. The molecule has 2 rings (SSSR count). The predicted octanol–water partition coefficient (Wildman–Crippen LogP) is 1.18. The Morgan fingerprint density at radius 2 is 2.33 bits per heavy atom. The standard InChI is InChI=1S/C16H23NO4/c1-2-7-17-16(19)14-10-13(12-5-6-12)11-15(21-14)20-9-4-3-8-18/h1,10,12-13,15,18H,3-9,11H2,(H,17,19)/t13-,15+/m0/s1. The third-order valence-electron chi connectivity index (χ3n) is 3.75. The number of allylic oxidation sites excluding steroid dienone is 1. The summed E-state index contributed by atoms with van der Waals surface area (Å²) in [5.74, 6) is 3.41. The van der Waals surface area contributed by atoms with E-state index in [4.69, 9.17) is 21.0 Å². The number of carbonyl (C=O) groups excluding carboxylic acids is 1. The number of rotatable bonds is 8. The van der Waals surface area contributed by atoms with Crippen molar-refractivity contribution in [2.45, 2.75) is 38.4 Å². The van der Waals surface area contributed by atoms with Crippen molar-refractivity contribution in [3.8, 4) is 12.3 Å². The molecule has 0 aromatic heterocycles. The maximum Gasteiger partial charge on any atom is 0.286 e. The van der Waals surface area contributed by atoms with Crippen molar-refractivity contribution >= 4 is 5.91 Å². The molecule has 2 atom stereocenters. The summed E-state index contributed by atoms with van der Waals surface area (Å²) >= 11 is 0. The molecular weight excluding hydrogens is 270 g/mol. The number of aliphatic hydroxyl groups is 1. The van der Waals surface area contributed by atoms with E-state index in [1.54, 1.807) is 0 Å². The van der Waals surface area contributed by atoms with Gasteiger partial charge in [-0.2, -0.15) is 0 Å². The van der Waals surface area contributed by atoms with Gasteiger partial charge in [0.2, 0.25) is 6.29 Å². The Morgan fingerprint density at radius 3 is 3.00 bits per heavy atom. The Labute approximate surface area is 125 Å². The van der Waals surface area contributed by atoms with Crippen LogP contribution in [0.15, 0.2) is 11.8 Å². The first kappa shape index (κ1) is 15.9. The highest BCUT2D eigenvalue weighted by Gasteiger charge is 2.36. The largest absolute Gasteiger partial charge is 0.459 e. The first-order valence-electron chi connectivity index (χ1n) is 7.57. The summed E-state index contributed by atoms with van der Waals surface area (Å²) in [6.07, 6.45) is 11.4. The molecule has 0 radical (unpaired) electrons. The molecule has 0 bridgehead atoms. The molecule has 21 heavy (non-hydrogen) atoms. The van der Waals surface area contributed by atoms with Crippen LogP contribution in [0.5, 0.6) is 0 Å². The molecule has 1 heterocycles. The quantitative estimate of drug-likeness (QED) is 0.521. The number of hydrogen-bond acceptors (Lipinski definition) is 4. The molecule has 0 aromatic rings. The average Bonchev–Trinajstić information content (AvgIpc) is 3.33. The van der Waals surface area contributed by atoms with Gasteiger partial charge in [0.15, 0.2) is 5.76 Å². The summed E-state index contributed by atoms with van der Waals surface area (Å²) in [6.45, 7) is 0.886. The van der Waals surface area contributed by atoms with E-state index in [0.29, 0.717) is 30.6 Å². The van der Waals surface area contributed by atoms with Gasteiger partial charge >= 0.3 is 0 Å². The molecule has 1 aliphatic carbocycles. The minimum Gasteiger partial charge on any atom is -0.459 e. The van der Waals surface area contributed by atoms with Crippen LogP contribution in [0, 0.1) is 24.2 Å². The summed E-state index contributed by atoms with van der Waals surface area (Å²) in [5, 5.41) is 11.4. The third-order valence-corrected chi connectivity index (χ3v) is 3.75. The van der Waals surface area contributed by atoms with Gasteiger partial charge in [-0.3, -0.25) is 4.79 Å². The van der Waals surface area contributed by atoms with Crippen LogP contribution in [0.4, 0.5) is 0 Å². The topological polar surface area (TPSA) is 67.8 Å². The lowest BCUT2D eigenvalue weighted by atomic mass is 9.96. The van der Waals surface area contributed by atoms with Gasteiger partial charge in [-0.15, -0.1) is 6.42 Å². The maximum absolute atomic E-state index is 12.0. The van der Waals surface area contributed by atoms with Crippen LogP contribution >= 0.6 is 0 Å². The molecule has 1 amide bonds. The smallest absolute Gasteiger partial charge is 0.286 e. The van der Waals surface area contributed by atoms with E-state index in [1.807, 2.05) is 6.08 Å². The van der Waals surface area contributed by atoms with Crippen LogP contribution in [-0.2, 0) is 14.3 Å². The maximum atomic E-state index is 12.0.